The van der Waals surface area contributed by atoms with E-state index in [2.05, 4.69) is 20.8 Å². The highest BCUT2D eigenvalue weighted by atomic mass is 32.1. The molecule has 6 heteroatoms. The number of aliphatic hydroxyl groups excluding tert-OH is 1. The number of nitrogens with zero attached hydrogens (tertiary/aromatic N) is 1. The fourth-order valence-corrected chi connectivity index (χ4v) is 4.80. The molecule has 2 heterocycles. The summed E-state index contributed by atoms with van der Waals surface area (Å²) in [6.45, 7) is 6.59. The SMILES string of the molecule is COc1ccccc1CN1C(=O)C(O)=C(C(=O)c2cccs2)C1c1ccc(C(C)(C)C)cc1. The van der Waals surface area contributed by atoms with E-state index in [9.17, 15) is 14.7 Å². The van der Waals surface area contributed by atoms with Gasteiger partial charge >= 0.3 is 0 Å². The van der Waals surface area contributed by atoms with Crippen molar-refractivity contribution in [1.29, 1.82) is 0 Å². The van der Waals surface area contributed by atoms with Crippen molar-refractivity contribution in [2.24, 2.45) is 0 Å². The van der Waals surface area contributed by atoms with Crippen LogP contribution in [0.1, 0.15) is 53.2 Å². The van der Waals surface area contributed by atoms with Crippen LogP contribution < -0.4 is 4.74 Å². The van der Waals surface area contributed by atoms with E-state index in [0.717, 1.165) is 16.7 Å². The lowest BCUT2D eigenvalue weighted by molar-refractivity contribution is -0.130. The van der Waals surface area contributed by atoms with Crippen molar-refractivity contribution in [3.8, 4) is 5.75 Å². The van der Waals surface area contributed by atoms with Crippen molar-refractivity contribution in [1.82, 2.24) is 4.90 Å². The van der Waals surface area contributed by atoms with Crippen LogP contribution >= 0.6 is 11.3 Å². The molecule has 0 aliphatic carbocycles. The summed E-state index contributed by atoms with van der Waals surface area (Å²) >= 11 is 1.29. The minimum absolute atomic E-state index is 0.0330. The molecule has 1 atom stereocenters. The van der Waals surface area contributed by atoms with Gasteiger partial charge in [-0.05, 0) is 34.1 Å². The Bertz CT molecular complexity index is 1200. The van der Waals surface area contributed by atoms with Gasteiger partial charge in [0, 0.05) is 5.56 Å². The Hall–Kier alpha value is -3.38. The third-order valence-corrected chi connectivity index (χ3v) is 6.79. The first-order chi connectivity index (χ1) is 15.7. The molecular formula is C27H27NO4S. The zero-order valence-corrected chi connectivity index (χ0v) is 20.0. The van der Waals surface area contributed by atoms with Crippen molar-refractivity contribution in [3.63, 3.8) is 0 Å². The molecule has 2 aromatic carbocycles. The summed E-state index contributed by atoms with van der Waals surface area (Å²) in [5.74, 6) is -0.744. The Labute approximate surface area is 197 Å². The average molecular weight is 462 g/mol. The zero-order chi connectivity index (χ0) is 23.8. The minimum atomic E-state index is -0.703. The number of carbonyl (C=O) groups excluding carboxylic acids is 2. The number of hydrogen-bond acceptors (Lipinski definition) is 5. The van der Waals surface area contributed by atoms with E-state index < -0.39 is 17.7 Å². The standard InChI is InChI=1S/C27H27NO4S/c1-27(2,3)19-13-11-17(12-14-19)23-22(24(29)21-10-7-15-33-21)25(30)26(31)28(23)16-18-8-5-6-9-20(18)32-4/h5-15,23,30H,16H2,1-4H3. The largest absolute Gasteiger partial charge is 0.503 e. The molecule has 5 nitrogen and oxygen atoms in total. The summed E-state index contributed by atoms with van der Waals surface area (Å²) in [4.78, 5) is 28.6. The van der Waals surface area contributed by atoms with E-state index in [1.54, 1.807) is 29.5 Å². The number of Topliss-reactive ketones (excluding diaryl/α,β-unsaturated/α-hetero) is 1. The van der Waals surface area contributed by atoms with Crippen LogP contribution in [0.3, 0.4) is 0 Å². The molecule has 4 rings (SSSR count). The lowest BCUT2D eigenvalue weighted by Crippen LogP contribution is -2.31. The van der Waals surface area contributed by atoms with Crippen molar-refractivity contribution >= 4 is 23.0 Å². The van der Waals surface area contributed by atoms with E-state index in [-0.39, 0.29) is 23.3 Å². The van der Waals surface area contributed by atoms with Gasteiger partial charge in [-0.25, -0.2) is 0 Å². The molecule has 1 aliphatic heterocycles. The molecule has 0 saturated carbocycles. The van der Waals surface area contributed by atoms with Gasteiger partial charge < -0.3 is 14.7 Å². The molecule has 0 spiro atoms. The molecule has 1 amide bonds. The lowest BCUT2D eigenvalue weighted by atomic mass is 9.85. The molecule has 0 radical (unpaired) electrons. The van der Waals surface area contributed by atoms with Crippen LogP contribution in [-0.4, -0.2) is 28.8 Å². The highest BCUT2D eigenvalue weighted by Crippen LogP contribution is 2.41. The molecule has 0 fully saturated rings. The van der Waals surface area contributed by atoms with Gasteiger partial charge in [-0.1, -0.05) is 69.3 Å². The molecule has 170 valence electrons. The van der Waals surface area contributed by atoms with Gasteiger partial charge in [0.05, 0.1) is 30.1 Å². The van der Waals surface area contributed by atoms with E-state index in [1.165, 1.54) is 11.3 Å². The first-order valence-corrected chi connectivity index (χ1v) is 11.6. The smallest absolute Gasteiger partial charge is 0.290 e. The monoisotopic (exact) mass is 461 g/mol. The normalized spacial score (nSPS) is 16.4. The van der Waals surface area contributed by atoms with Gasteiger partial charge in [-0.15, -0.1) is 11.3 Å². The number of amides is 1. The summed E-state index contributed by atoms with van der Waals surface area (Å²) in [5.41, 5.74) is 2.79. The third-order valence-electron chi connectivity index (χ3n) is 5.92. The quantitative estimate of drug-likeness (QED) is 0.469. The molecule has 0 saturated heterocycles. The number of ketones is 1. The summed E-state index contributed by atoms with van der Waals surface area (Å²) < 4.78 is 5.47. The number of aliphatic hydroxyl groups is 1. The van der Waals surface area contributed by atoms with E-state index in [0.29, 0.717) is 10.6 Å². The van der Waals surface area contributed by atoms with Gasteiger partial charge in [0.25, 0.3) is 5.91 Å². The van der Waals surface area contributed by atoms with E-state index in [1.807, 2.05) is 48.5 Å². The predicted octanol–water partition coefficient (Wildman–Crippen LogP) is 5.83. The first-order valence-electron chi connectivity index (χ1n) is 10.8. The maximum absolute atomic E-state index is 13.4. The van der Waals surface area contributed by atoms with Gasteiger partial charge in [-0.3, -0.25) is 9.59 Å². The third kappa shape index (κ3) is 4.31. The van der Waals surface area contributed by atoms with Crippen LogP contribution in [0.5, 0.6) is 5.75 Å². The Morgan fingerprint density at radius 2 is 1.76 bits per heavy atom. The van der Waals surface area contributed by atoms with Crippen LogP contribution in [0.4, 0.5) is 0 Å². The second-order valence-electron chi connectivity index (χ2n) is 9.09. The second kappa shape index (κ2) is 8.87. The second-order valence-corrected chi connectivity index (χ2v) is 10.0. The van der Waals surface area contributed by atoms with Crippen LogP contribution in [0.25, 0.3) is 0 Å². The zero-order valence-electron chi connectivity index (χ0n) is 19.2. The van der Waals surface area contributed by atoms with Gasteiger partial charge in [-0.2, -0.15) is 0 Å². The Morgan fingerprint density at radius 1 is 1.06 bits per heavy atom. The molecule has 3 aromatic rings. The Kier molecular flexibility index (Phi) is 6.13. The van der Waals surface area contributed by atoms with Gasteiger partial charge in [0.15, 0.2) is 5.76 Å². The van der Waals surface area contributed by atoms with Crippen LogP contribution in [0, 0.1) is 0 Å². The molecule has 1 unspecified atom stereocenters. The Morgan fingerprint density at radius 3 is 2.36 bits per heavy atom. The highest BCUT2D eigenvalue weighted by molar-refractivity contribution is 7.12. The summed E-state index contributed by atoms with van der Waals surface area (Å²) in [5, 5.41) is 12.7. The summed E-state index contributed by atoms with van der Waals surface area (Å²) in [7, 11) is 1.58. The highest BCUT2D eigenvalue weighted by Gasteiger charge is 2.44. The van der Waals surface area contributed by atoms with Crippen molar-refractivity contribution < 1.29 is 19.4 Å². The molecule has 0 bridgehead atoms. The number of benzene rings is 2. The number of ether oxygens (including phenoxy) is 1. The topological polar surface area (TPSA) is 66.8 Å². The van der Waals surface area contributed by atoms with Crippen molar-refractivity contribution in [3.05, 3.63) is 98.9 Å². The van der Waals surface area contributed by atoms with Gasteiger partial charge in [0.2, 0.25) is 5.78 Å². The minimum Gasteiger partial charge on any atom is -0.503 e. The first kappa shape index (κ1) is 22.8. The molecule has 1 aromatic heterocycles. The van der Waals surface area contributed by atoms with Gasteiger partial charge in [0.1, 0.15) is 5.75 Å². The number of para-hydroxylation sites is 1. The van der Waals surface area contributed by atoms with Crippen LogP contribution in [0.2, 0.25) is 0 Å². The van der Waals surface area contributed by atoms with Crippen LogP contribution in [-0.2, 0) is 16.8 Å². The lowest BCUT2D eigenvalue weighted by Gasteiger charge is -2.28. The van der Waals surface area contributed by atoms with E-state index in [4.69, 9.17) is 4.74 Å². The summed E-state index contributed by atoms with van der Waals surface area (Å²) in [6.07, 6.45) is 0. The Balaban J connectivity index is 1.80. The molecule has 1 N–H and O–H groups in total. The average Bonchev–Trinajstić information content (AvgIpc) is 3.42. The maximum Gasteiger partial charge on any atom is 0.290 e. The van der Waals surface area contributed by atoms with Crippen molar-refractivity contribution in [2.75, 3.05) is 7.11 Å². The number of rotatable bonds is 6. The molecule has 1 aliphatic rings. The molecule has 33 heavy (non-hydrogen) atoms. The number of methoxy groups -OCH3 is 1. The number of carbonyl (C=O) groups is 2. The van der Waals surface area contributed by atoms with Crippen molar-refractivity contribution in [2.45, 2.75) is 38.8 Å². The molecular weight excluding hydrogens is 434 g/mol. The number of hydrogen-bond donors (Lipinski definition) is 1. The fourth-order valence-electron chi connectivity index (χ4n) is 4.12. The van der Waals surface area contributed by atoms with Crippen LogP contribution in [0.15, 0.2) is 77.4 Å². The predicted molar refractivity (Wildman–Crippen MR) is 130 cm³/mol. The maximum atomic E-state index is 13.4. The fraction of sp³-hybridized carbons (Fsp3) is 0.259. The summed E-state index contributed by atoms with van der Waals surface area (Å²) in [6, 6.07) is 18.1. The van der Waals surface area contributed by atoms with E-state index >= 15 is 0 Å². The number of thiophene rings is 1.